The normalized spacial score (nSPS) is 12.6. The molecule has 0 saturated carbocycles. The molecule has 1 N–H and O–H groups in total. The number of halogens is 5. The largest absolute Gasteiger partial charge is 0.497 e. The predicted octanol–water partition coefficient (Wildman–Crippen LogP) is 4.85. The van der Waals surface area contributed by atoms with Crippen LogP contribution in [0.1, 0.15) is 33.3 Å². The first kappa shape index (κ1) is 25.4. The van der Waals surface area contributed by atoms with Crippen LogP contribution in [0.4, 0.5) is 22.0 Å². The Hall–Kier alpha value is -2.88. The van der Waals surface area contributed by atoms with E-state index in [1.165, 1.54) is 14.2 Å². The molecule has 0 aromatic heterocycles. The van der Waals surface area contributed by atoms with Crippen molar-refractivity contribution in [2.75, 3.05) is 14.2 Å². The third kappa shape index (κ3) is 5.12. The fraction of sp³-hybridized carbons (Fsp3) is 0.409. The van der Waals surface area contributed by atoms with Gasteiger partial charge in [0, 0.05) is 11.6 Å². The lowest BCUT2D eigenvalue weighted by Crippen LogP contribution is -2.51. The lowest BCUT2D eigenvalue weighted by atomic mass is 9.90. The Morgan fingerprint density at radius 2 is 1.28 bits per heavy atom. The Labute approximate surface area is 182 Å². The average molecular weight is 461 g/mol. The zero-order valence-corrected chi connectivity index (χ0v) is 18.4. The van der Waals surface area contributed by atoms with Gasteiger partial charge in [-0.2, -0.15) is 8.78 Å². The van der Waals surface area contributed by atoms with Gasteiger partial charge in [0.1, 0.15) is 17.5 Å². The van der Waals surface area contributed by atoms with E-state index in [0.717, 1.165) is 0 Å². The maximum absolute atomic E-state index is 14.0. The molecule has 0 saturated heterocycles. The number of benzene rings is 2. The molecule has 176 valence electrons. The van der Waals surface area contributed by atoms with Gasteiger partial charge in [-0.15, -0.1) is 0 Å². The quantitative estimate of drug-likeness (QED) is 0.200. The third-order valence-electron chi connectivity index (χ3n) is 4.88. The minimum absolute atomic E-state index is 0.476. The predicted molar refractivity (Wildman–Crippen MR) is 106 cm³/mol. The van der Waals surface area contributed by atoms with Crippen LogP contribution in [0.15, 0.2) is 18.2 Å². The minimum atomic E-state index is -2.34. The Morgan fingerprint density at radius 3 is 1.69 bits per heavy atom. The molecule has 0 aliphatic rings. The smallest absolute Gasteiger partial charge is 0.329 e. The summed E-state index contributed by atoms with van der Waals surface area (Å²) in [7, 11) is 2.94. The molecule has 0 aliphatic carbocycles. The average Bonchev–Trinajstić information content (AvgIpc) is 2.76. The van der Waals surface area contributed by atoms with Crippen molar-refractivity contribution in [1.29, 1.82) is 0 Å². The summed E-state index contributed by atoms with van der Waals surface area (Å²) in [5, 5.41) is 3.02. The maximum Gasteiger partial charge on any atom is 0.329 e. The number of rotatable bonds is 8. The van der Waals surface area contributed by atoms with Crippen LogP contribution in [0.3, 0.4) is 0 Å². The standard InChI is InChI=1S/C22H24F5NO4/c1-10(2)19(21(29)32-20-17(26)15(24)14(23)16(25)18(20)27)28-22(3,4)11-7-12(30-5)9-13(8-11)31-6/h7-10,19,28H,1-6H3. The van der Waals surface area contributed by atoms with Gasteiger partial charge in [0.05, 0.1) is 14.2 Å². The number of hydrogen-bond donors (Lipinski definition) is 1. The molecule has 2 rings (SSSR count). The molecule has 0 radical (unpaired) electrons. The fourth-order valence-corrected chi connectivity index (χ4v) is 2.98. The van der Waals surface area contributed by atoms with Crippen LogP contribution >= 0.6 is 0 Å². The highest BCUT2D eigenvalue weighted by molar-refractivity contribution is 5.79. The number of carbonyl (C=O) groups excluding carboxylic acids is 1. The van der Waals surface area contributed by atoms with E-state index in [1.807, 2.05) is 0 Å². The highest BCUT2D eigenvalue weighted by Gasteiger charge is 2.35. The first-order valence-corrected chi connectivity index (χ1v) is 9.58. The van der Waals surface area contributed by atoms with E-state index in [0.29, 0.717) is 17.1 Å². The van der Waals surface area contributed by atoms with Crippen LogP contribution < -0.4 is 19.5 Å². The molecule has 1 unspecified atom stereocenters. The molecule has 2 aromatic rings. The Kier molecular flexibility index (Phi) is 7.71. The van der Waals surface area contributed by atoms with E-state index in [9.17, 15) is 26.7 Å². The summed E-state index contributed by atoms with van der Waals surface area (Å²) in [4.78, 5) is 12.7. The Bertz CT molecular complexity index is 959. The second-order valence-electron chi connectivity index (χ2n) is 7.91. The van der Waals surface area contributed by atoms with Gasteiger partial charge in [0.25, 0.3) is 0 Å². The highest BCUT2D eigenvalue weighted by atomic mass is 19.2. The molecule has 0 spiro atoms. The van der Waals surface area contributed by atoms with E-state index in [2.05, 4.69) is 10.1 Å². The molecule has 32 heavy (non-hydrogen) atoms. The molecule has 0 fully saturated rings. The number of hydrogen-bond acceptors (Lipinski definition) is 5. The first-order valence-electron chi connectivity index (χ1n) is 9.58. The zero-order valence-electron chi connectivity index (χ0n) is 18.4. The summed E-state index contributed by atoms with van der Waals surface area (Å²) < 4.78 is 83.2. The van der Waals surface area contributed by atoms with Gasteiger partial charge in [-0.25, -0.2) is 18.0 Å². The summed E-state index contributed by atoms with van der Waals surface area (Å²) in [5.74, 6) is -13.6. The zero-order chi connectivity index (χ0) is 24.4. The molecule has 1 atom stereocenters. The van der Waals surface area contributed by atoms with Crippen LogP contribution in [0, 0.1) is 35.0 Å². The third-order valence-corrected chi connectivity index (χ3v) is 4.88. The second-order valence-corrected chi connectivity index (χ2v) is 7.91. The lowest BCUT2D eigenvalue weighted by Gasteiger charge is -2.33. The number of carbonyl (C=O) groups is 1. The van der Waals surface area contributed by atoms with Gasteiger partial charge in [0.15, 0.2) is 0 Å². The van der Waals surface area contributed by atoms with E-state index in [1.54, 1.807) is 45.9 Å². The Morgan fingerprint density at radius 1 is 0.844 bits per heavy atom. The number of esters is 1. The van der Waals surface area contributed by atoms with Gasteiger partial charge >= 0.3 is 5.97 Å². The molecule has 0 aliphatic heterocycles. The van der Waals surface area contributed by atoms with Gasteiger partial charge < -0.3 is 14.2 Å². The summed E-state index contributed by atoms with van der Waals surface area (Å²) in [5.41, 5.74) is -0.282. The van der Waals surface area contributed by atoms with Crippen molar-refractivity contribution in [3.8, 4) is 17.2 Å². The molecular formula is C22H24F5NO4. The van der Waals surface area contributed by atoms with Crippen LogP contribution in [0.5, 0.6) is 17.2 Å². The first-order chi connectivity index (χ1) is 14.8. The van der Waals surface area contributed by atoms with Crippen LogP contribution in [-0.4, -0.2) is 26.2 Å². The molecule has 0 bridgehead atoms. The van der Waals surface area contributed by atoms with Crippen LogP contribution in [-0.2, 0) is 10.3 Å². The van der Waals surface area contributed by atoms with E-state index in [-0.39, 0.29) is 0 Å². The Balaban J connectivity index is 2.38. The van der Waals surface area contributed by atoms with Crippen LogP contribution in [0.25, 0.3) is 0 Å². The minimum Gasteiger partial charge on any atom is -0.497 e. The molecule has 10 heteroatoms. The summed E-state index contributed by atoms with van der Waals surface area (Å²) >= 11 is 0. The SMILES string of the molecule is COc1cc(OC)cc(C(C)(C)NC(C(=O)Oc2c(F)c(F)c(F)c(F)c2F)C(C)C)c1. The summed E-state index contributed by atoms with van der Waals surface area (Å²) in [6.07, 6.45) is 0. The molecule has 0 heterocycles. The van der Waals surface area contributed by atoms with Crippen molar-refractivity contribution in [1.82, 2.24) is 5.32 Å². The van der Waals surface area contributed by atoms with Gasteiger partial charge in [-0.3, -0.25) is 5.32 Å². The van der Waals surface area contributed by atoms with E-state index < -0.39 is 58.3 Å². The van der Waals surface area contributed by atoms with Crippen molar-refractivity contribution in [2.24, 2.45) is 5.92 Å². The molecule has 5 nitrogen and oxygen atoms in total. The van der Waals surface area contributed by atoms with Crippen molar-refractivity contribution >= 4 is 5.97 Å². The molecule has 0 amide bonds. The van der Waals surface area contributed by atoms with Crippen molar-refractivity contribution in [3.63, 3.8) is 0 Å². The lowest BCUT2D eigenvalue weighted by molar-refractivity contribution is -0.139. The number of methoxy groups -OCH3 is 2. The molecule has 2 aromatic carbocycles. The highest BCUT2D eigenvalue weighted by Crippen LogP contribution is 2.32. The number of ether oxygens (including phenoxy) is 3. The van der Waals surface area contributed by atoms with Gasteiger partial charge in [0.2, 0.25) is 34.8 Å². The topological polar surface area (TPSA) is 56.8 Å². The van der Waals surface area contributed by atoms with Crippen LogP contribution in [0.2, 0.25) is 0 Å². The number of nitrogens with one attached hydrogen (secondary N) is 1. The van der Waals surface area contributed by atoms with Crippen molar-refractivity contribution in [2.45, 2.75) is 39.3 Å². The summed E-state index contributed by atoms with van der Waals surface area (Å²) in [6.45, 7) is 6.70. The second kappa shape index (κ2) is 9.72. The monoisotopic (exact) mass is 461 g/mol. The maximum atomic E-state index is 14.0. The fourth-order valence-electron chi connectivity index (χ4n) is 2.98. The van der Waals surface area contributed by atoms with Gasteiger partial charge in [-0.05, 0) is 37.5 Å². The molecular weight excluding hydrogens is 437 g/mol. The van der Waals surface area contributed by atoms with E-state index in [4.69, 9.17) is 9.47 Å². The van der Waals surface area contributed by atoms with E-state index >= 15 is 0 Å². The van der Waals surface area contributed by atoms with Crippen molar-refractivity contribution < 1.29 is 41.0 Å². The summed E-state index contributed by atoms with van der Waals surface area (Å²) in [6, 6.07) is 3.87. The van der Waals surface area contributed by atoms with Crippen molar-refractivity contribution in [3.05, 3.63) is 52.8 Å². The van der Waals surface area contributed by atoms with Gasteiger partial charge in [-0.1, -0.05) is 13.8 Å².